The minimum Gasteiger partial charge on any atom is -0.399 e. The number of hydrogen-bond donors (Lipinski definition) is 1. The monoisotopic (exact) mass is 258 g/mol. The van der Waals surface area contributed by atoms with Crippen LogP contribution in [-0.2, 0) is 0 Å². The highest BCUT2D eigenvalue weighted by Gasteiger charge is 2.35. The number of nitrogens with zero attached hydrogens (tertiary/aromatic N) is 1. The zero-order valence-electron chi connectivity index (χ0n) is 12.0. The quantitative estimate of drug-likeness (QED) is 0.831. The van der Waals surface area contributed by atoms with Gasteiger partial charge in [-0.15, -0.1) is 0 Å². The van der Waals surface area contributed by atoms with Crippen molar-refractivity contribution in [3.05, 3.63) is 29.8 Å². The summed E-state index contributed by atoms with van der Waals surface area (Å²) in [6, 6.07) is 9.83. The van der Waals surface area contributed by atoms with Gasteiger partial charge >= 0.3 is 0 Å². The zero-order valence-corrected chi connectivity index (χ0v) is 12.0. The van der Waals surface area contributed by atoms with Gasteiger partial charge in [0.2, 0.25) is 0 Å². The highest BCUT2D eigenvalue weighted by molar-refractivity contribution is 5.40. The van der Waals surface area contributed by atoms with Crippen LogP contribution in [0.1, 0.15) is 57.1 Å². The molecule has 1 aromatic carbocycles. The Morgan fingerprint density at radius 1 is 1.05 bits per heavy atom. The number of hydrogen-bond acceptors (Lipinski definition) is 2. The van der Waals surface area contributed by atoms with Crippen LogP contribution in [0.25, 0.3) is 0 Å². The summed E-state index contributed by atoms with van der Waals surface area (Å²) in [5.41, 5.74) is 8.07. The fourth-order valence-corrected chi connectivity index (χ4v) is 4.11. The van der Waals surface area contributed by atoms with Gasteiger partial charge in [-0.05, 0) is 62.8 Å². The molecular formula is C17H26N2. The van der Waals surface area contributed by atoms with E-state index in [1.165, 1.54) is 50.6 Å². The second-order valence-electron chi connectivity index (χ2n) is 6.33. The molecule has 3 rings (SSSR count). The summed E-state index contributed by atoms with van der Waals surface area (Å²) < 4.78 is 0. The van der Waals surface area contributed by atoms with Crippen LogP contribution in [0.4, 0.5) is 5.69 Å². The van der Waals surface area contributed by atoms with Gasteiger partial charge in [-0.2, -0.15) is 0 Å². The molecule has 19 heavy (non-hydrogen) atoms. The molecule has 2 heteroatoms. The summed E-state index contributed by atoms with van der Waals surface area (Å²) in [6.45, 7) is 3.63. The molecule has 104 valence electrons. The van der Waals surface area contributed by atoms with E-state index in [9.17, 15) is 0 Å². The Hall–Kier alpha value is -1.02. The highest BCUT2D eigenvalue weighted by atomic mass is 15.2. The van der Waals surface area contributed by atoms with Crippen molar-refractivity contribution in [1.82, 2.24) is 4.90 Å². The zero-order chi connectivity index (χ0) is 13.2. The maximum absolute atomic E-state index is 5.79. The van der Waals surface area contributed by atoms with Crippen LogP contribution in [0, 0.1) is 5.92 Å². The van der Waals surface area contributed by atoms with Gasteiger partial charge in [0, 0.05) is 17.8 Å². The van der Waals surface area contributed by atoms with Gasteiger partial charge < -0.3 is 5.73 Å². The molecule has 0 bridgehead atoms. The molecule has 2 nitrogen and oxygen atoms in total. The molecule has 1 saturated carbocycles. The largest absolute Gasteiger partial charge is 0.399 e. The smallest absolute Gasteiger partial charge is 0.0322 e. The van der Waals surface area contributed by atoms with E-state index in [-0.39, 0.29) is 0 Å². The summed E-state index contributed by atoms with van der Waals surface area (Å²) in [7, 11) is 0. The maximum Gasteiger partial charge on any atom is 0.0322 e. The molecule has 0 amide bonds. The SMILES string of the molecule is CC(c1ccc(N)cc1)N1CCCC1C1CCCC1. The van der Waals surface area contributed by atoms with Crippen molar-refractivity contribution < 1.29 is 0 Å². The van der Waals surface area contributed by atoms with Crippen molar-refractivity contribution in [3.8, 4) is 0 Å². The molecule has 2 unspecified atom stereocenters. The van der Waals surface area contributed by atoms with Gasteiger partial charge in [0.1, 0.15) is 0 Å². The normalized spacial score (nSPS) is 26.9. The van der Waals surface area contributed by atoms with Gasteiger partial charge in [0.25, 0.3) is 0 Å². The Labute approximate surface area is 117 Å². The summed E-state index contributed by atoms with van der Waals surface area (Å²) >= 11 is 0. The summed E-state index contributed by atoms with van der Waals surface area (Å²) in [4.78, 5) is 2.75. The fraction of sp³-hybridized carbons (Fsp3) is 0.647. The third kappa shape index (κ3) is 2.64. The first kappa shape index (κ1) is 13.0. The van der Waals surface area contributed by atoms with Gasteiger partial charge in [0.05, 0.1) is 0 Å². The van der Waals surface area contributed by atoms with Crippen molar-refractivity contribution >= 4 is 5.69 Å². The molecule has 1 heterocycles. The molecule has 1 aromatic rings. The standard InChI is InChI=1S/C17H26N2/c1-13(14-8-10-16(18)11-9-14)19-12-4-7-17(19)15-5-2-3-6-15/h8-11,13,15,17H,2-7,12,18H2,1H3. The van der Waals surface area contributed by atoms with Crippen LogP contribution in [0.3, 0.4) is 0 Å². The van der Waals surface area contributed by atoms with Gasteiger partial charge in [-0.3, -0.25) is 4.90 Å². The van der Waals surface area contributed by atoms with Gasteiger partial charge in [0.15, 0.2) is 0 Å². The van der Waals surface area contributed by atoms with Crippen molar-refractivity contribution in [2.24, 2.45) is 5.92 Å². The van der Waals surface area contributed by atoms with Gasteiger partial charge in [-0.25, -0.2) is 0 Å². The van der Waals surface area contributed by atoms with E-state index >= 15 is 0 Å². The maximum atomic E-state index is 5.79. The first-order chi connectivity index (χ1) is 9.25. The lowest BCUT2D eigenvalue weighted by Gasteiger charge is -2.34. The van der Waals surface area contributed by atoms with E-state index in [2.05, 4.69) is 24.0 Å². The predicted octanol–water partition coefficient (Wildman–Crippen LogP) is 3.98. The fourth-order valence-electron chi connectivity index (χ4n) is 4.11. The number of nitrogen functional groups attached to an aromatic ring is 1. The Kier molecular flexibility index (Phi) is 3.79. The lowest BCUT2D eigenvalue weighted by molar-refractivity contribution is 0.144. The van der Waals surface area contributed by atoms with Gasteiger partial charge in [-0.1, -0.05) is 25.0 Å². The first-order valence-corrected chi connectivity index (χ1v) is 7.87. The van der Waals surface area contributed by atoms with Crippen molar-refractivity contribution in [2.45, 2.75) is 57.5 Å². The van der Waals surface area contributed by atoms with Crippen molar-refractivity contribution in [2.75, 3.05) is 12.3 Å². The molecule has 0 radical (unpaired) electrons. The van der Waals surface area contributed by atoms with Crippen molar-refractivity contribution in [3.63, 3.8) is 0 Å². The number of nitrogens with two attached hydrogens (primary N) is 1. The van der Waals surface area contributed by atoms with E-state index in [0.29, 0.717) is 6.04 Å². The van der Waals surface area contributed by atoms with E-state index in [0.717, 1.165) is 17.6 Å². The molecule has 1 aliphatic heterocycles. The van der Waals surface area contributed by atoms with Crippen LogP contribution < -0.4 is 5.73 Å². The molecule has 1 aliphatic carbocycles. The summed E-state index contributed by atoms with van der Waals surface area (Å²) in [6.07, 6.45) is 8.59. The molecular weight excluding hydrogens is 232 g/mol. The molecule has 0 spiro atoms. The van der Waals surface area contributed by atoms with Crippen LogP contribution in [0.2, 0.25) is 0 Å². The average molecular weight is 258 g/mol. The molecule has 2 N–H and O–H groups in total. The van der Waals surface area contributed by atoms with Crippen LogP contribution in [-0.4, -0.2) is 17.5 Å². The van der Waals surface area contributed by atoms with Crippen LogP contribution in [0.15, 0.2) is 24.3 Å². The second kappa shape index (κ2) is 5.54. The van der Waals surface area contributed by atoms with E-state index in [1.807, 2.05) is 12.1 Å². The lowest BCUT2D eigenvalue weighted by atomic mass is 9.94. The van der Waals surface area contributed by atoms with E-state index < -0.39 is 0 Å². The lowest BCUT2D eigenvalue weighted by Crippen LogP contribution is -2.36. The Balaban J connectivity index is 1.74. The third-order valence-electron chi connectivity index (χ3n) is 5.20. The average Bonchev–Trinajstić information content (AvgIpc) is 3.09. The minimum atomic E-state index is 0.536. The van der Waals surface area contributed by atoms with E-state index in [1.54, 1.807) is 0 Å². The number of benzene rings is 1. The van der Waals surface area contributed by atoms with Crippen LogP contribution >= 0.6 is 0 Å². The number of anilines is 1. The number of likely N-dealkylation sites (tertiary alicyclic amines) is 1. The molecule has 1 saturated heterocycles. The molecule has 2 atom stereocenters. The summed E-state index contributed by atoms with van der Waals surface area (Å²) in [5.74, 6) is 0.957. The summed E-state index contributed by atoms with van der Waals surface area (Å²) in [5, 5.41) is 0. The second-order valence-corrected chi connectivity index (χ2v) is 6.33. The minimum absolute atomic E-state index is 0.536. The van der Waals surface area contributed by atoms with Crippen LogP contribution in [0.5, 0.6) is 0 Å². The van der Waals surface area contributed by atoms with E-state index in [4.69, 9.17) is 5.73 Å². The molecule has 0 aromatic heterocycles. The Bertz CT molecular complexity index is 406. The Morgan fingerprint density at radius 3 is 2.42 bits per heavy atom. The molecule has 2 fully saturated rings. The third-order valence-corrected chi connectivity index (χ3v) is 5.20. The first-order valence-electron chi connectivity index (χ1n) is 7.87. The predicted molar refractivity (Wildman–Crippen MR) is 81.0 cm³/mol. The van der Waals surface area contributed by atoms with Crippen molar-refractivity contribution in [1.29, 1.82) is 0 Å². The topological polar surface area (TPSA) is 29.3 Å². The highest BCUT2D eigenvalue weighted by Crippen LogP contribution is 2.39. The molecule has 2 aliphatic rings. The Morgan fingerprint density at radius 2 is 1.74 bits per heavy atom. The number of rotatable bonds is 3.